The normalized spacial score (nSPS) is 15.7. The average molecular weight is 318 g/mol. The van der Waals surface area contributed by atoms with Gasteiger partial charge in [0.1, 0.15) is 0 Å². The third-order valence-electron chi connectivity index (χ3n) is 3.74. The first-order chi connectivity index (χ1) is 10.1. The average Bonchev–Trinajstić information content (AvgIpc) is 3.16. The Labute approximate surface area is 133 Å². The van der Waals surface area contributed by atoms with Crippen LogP contribution in [0.25, 0.3) is 0 Å². The molecule has 5 heteroatoms. The second-order valence-corrected chi connectivity index (χ2v) is 7.76. The van der Waals surface area contributed by atoms with Crippen molar-refractivity contribution >= 4 is 34.1 Å². The fraction of sp³-hybridized carbons (Fsp3) is 0.375. The second-order valence-electron chi connectivity index (χ2n) is 5.45. The van der Waals surface area contributed by atoms with E-state index in [4.69, 9.17) is 0 Å². The summed E-state index contributed by atoms with van der Waals surface area (Å²) >= 11 is 3.21. The SMILES string of the molecule is CSC1(C(=O)Nc2ncc(Cc3cccc(C)c3)s2)CC1. The number of hydrogen-bond donors (Lipinski definition) is 1. The van der Waals surface area contributed by atoms with Crippen LogP contribution in [-0.2, 0) is 11.2 Å². The summed E-state index contributed by atoms with van der Waals surface area (Å²) in [6, 6.07) is 8.48. The van der Waals surface area contributed by atoms with Gasteiger partial charge >= 0.3 is 0 Å². The van der Waals surface area contributed by atoms with Gasteiger partial charge in [0.25, 0.3) is 0 Å². The van der Waals surface area contributed by atoms with Gasteiger partial charge in [-0.2, -0.15) is 0 Å². The number of benzene rings is 1. The Morgan fingerprint density at radius 2 is 2.29 bits per heavy atom. The second kappa shape index (κ2) is 5.81. The van der Waals surface area contributed by atoms with E-state index in [1.54, 1.807) is 23.1 Å². The van der Waals surface area contributed by atoms with E-state index in [1.807, 2.05) is 12.5 Å². The quantitative estimate of drug-likeness (QED) is 0.910. The lowest BCUT2D eigenvalue weighted by atomic mass is 10.1. The van der Waals surface area contributed by atoms with E-state index < -0.39 is 0 Å². The molecule has 110 valence electrons. The molecule has 1 heterocycles. The molecule has 3 nitrogen and oxygen atoms in total. The van der Waals surface area contributed by atoms with Crippen LogP contribution in [0.3, 0.4) is 0 Å². The van der Waals surface area contributed by atoms with Crippen LogP contribution in [0.2, 0.25) is 0 Å². The van der Waals surface area contributed by atoms with Crippen LogP contribution in [0.1, 0.15) is 28.8 Å². The molecule has 0 unspecified atom stereocenters. The molecule has 1 amide bonds. The maximum absolute atomic E-state index is 12.2. The zero-order valence-corrected chi connectivity index (χ0v) is 13.8. The first kappa shape index (κ1) is 14.6. The predicted octanol–water partition coefficient (Wildman–Crippen LogP) is 3.88. The van der Waals surface area contributed by atoms with E-state index in [-0.39, 0.29) is 10.7 Å². The van der Waals surface area contributed by atoms with Crippen molar-refractivity contribution in [3.63, 3.8) is 0 Å². The summed E-state index contributed by atoms with van der Waals surface area (Å²) in [5, 5.41) is 3.67. The Morgan fingerprint density at radius 1 is 1.48 bits per heavy atom. The third kappa shape index (κ3) is 3.30. The van der Waals surface area contributed by atoms with Crippen LogP contribution in [0.4, 0.5) is 5.13 Å². The molecule has 1 aliphatic rings. The van der Waals surface area contributed by atoms with Crippen LogP contribution in [0.15, 0.2) is 30.5 Å². The van der Waals surface area contributed by atoms with Crippen LogP contribution in [0.5, 0.6) is 0 Å². The lowest BCUT2D eigenvalue weighted by molar-refractivity contribution is -0.116. The highest BCUT2D eigenvalue weighted by Gasteiger charge is 2.49. The molecule has 0 spiro atoms. The Balaban J connectivity index is 1.65. The molecule has 21 heavy (non-hydrogen) atoms. The number of aryl methyl sites for hydroxylation is 1. The lowest BCUT2D eigenvalue weighted by Gasteiger charge is -2.09. The summed E-state index contributed by atoms with van der Waals surface area (Å²) in [5.74, 6) is 0.103. The number of nitrogens with one attached hydrogen (secondary N) is 1. The van der Waals surface area contributed by atoms with Crippen molar-refractivity contribution in [1.29, 1.82) is 0 Å². The van der Waals surface area contributed by atoms with Crippen molar-refractivity contribution in [3.05, 3.63) is 46.5 Å². The van der Waals surface area contributed by atoms with Gasteiger partial charge in [0.2, 0.25) is 5.91 Å². The summed E-state index contributed by atoms with van der Waals surface area (Å²) in [6.45, 7) is 2.10. The predicted molar refractivity (Wildman–Crippen MR) is 90.2 cm³/mol. The number of anilines is 1. The topological polar surface area (TPSA) is 42.0 Å². The number of hydrogen-bond acceptors (Lipinski definition) is 4. The van der Waals surface area contributed by atoms with Crippen molar-refractivity contribution in [2.45, 2.75) is 30.9 Å². The molecule has 1 fully saturated rings. The van der Waals surface area contributed by atoms with E-state index in [1.165, 1.54) is 16.0 Å². The smallest absolute Gasteiger partial charge is 0.242 e. The fourth-order valence-corrected chi connectivity index (χ4v) is 3.91. The number of carbonyl (C=O) groups is 1. The van der Waals surface area contributed by atoms with Crippen molar-refractivity contribution in [2.24, 2.45) is 0 Å². The molecule has 1 aliphatic carbocycles. The maximum Gasteiger partial charge on any atom is 0.242 e. The minimum Gasteiger partial charge on any atom is -0.301 e. The molecule has 3 rings (SSSR count). The Hall–Kier alpha value is -1.33. The Morgan fingerprint density at radius 3 is 2.95 bits per heavy atom. The van der Waals surface area contributed by atoms with Crippen LogP contribution in [-0.4, -0.2) is 21.9 Å². The van der Waals surface area contributed by atoms with Gasteiger partial charge in [-0.3, -0.25) is 4.79 Å². The highest BCUT2D eigenvalue weighted by Crippen LogP contribution is 2.48. The summed E-state index contributed by atoms with van der Waals surface area (Å²) in [4.78, 5) is 17.7. The standard InChI is InChI=1S/C16H18N2OS2/c1-11-4-3-5-12(8-11)9-13-10-17-15(21-13)18-14(19)16(20-2)6-7-16/h3-5,8,10H,6-7,9H2,1-2H3,(H,17,18,19). The van der Waals surface area contributed by atoms with Gasteiger partial charge in [-0.25, -0.2) is 4.98 Å². The van der Waals surface area contributed by atoms with E-state index in [9.17, 15) is 4.79 Å². The fourth-order valence-electron chi connectivity index (χ4n) is 2.32. The molecule has 0 radical (unpaired) electrons. The van der Waals surface area contributed by atoms with Gasteiger partial charge in [-0.15, -0.1) is 23.1 Å². The number of rotatable bonds is 5. The molecule has 0 bridgehead atoms. The summed E-state index contributed by atoms with van der Waals surface area (Å²) in [6.07, 6.45) is 6.67. The minimum atomic E-state index is -0.192. The van der Waals surface area contributed by atoms with Crippen LogP contribution < -0.4 is 5.32 Å². The van der Waals surface area contributed by atoms with Gasteiger partial charge in [0.15, 0.2) is 5.13 Å². The number of carbonyl (C=O) groups excluding carboxylic acids is 1. The molecular weight excluding hydrogens is 300 g/mol. The molecule has 1 aromatic heterocycles. The molecule has 1 N–H and O–H groups in total. The van der Waals surface area contributed by atoms with Gasteiger partial charge in [0.05, 0.1) is 4.75 Å². The highest BCUT2D eigenvalue weighted by atomic mass is 32.2. The number of aromatic nitrogens is 1. The molecule has 1 saturated carbocycles. The first-order valence-electron chi connectivity index (χ1n) is 6.98. The van der Waals surface area contributed by atoms with E-state index in [2.05, 4.69) is 41.5 Å². The first-order valence-corrected chi connectivity index (χ1v) is 9.02. The zero-order valence-electron chi connectivity index (χ0n) is 12.2. The van der Waals surface area contributed by atoms with E-state index >= 15 is 0 Å². The van der Waals surface area contributed by atoms with Crippen molar-refractivity contribution in [2.75, 3.05) is 11.6 Å². The largest absolute Gasteiger partial charge is 0.301 e. The number of amides is 1. The lowest BCUT2D eigenvalue weighted by Crippen LogP contribution is -2.26. The zero-order chi connectivity index (χ0) is 14.9. The third-order valence-corrected chi connectivity index (χ3v) is 6.03. The Bertz CT molecular complexity index is 662. The van der Waals surface area contributed by atoms with Gasteiger partial charge < -0.3 is 5.32 Å². The summed E-state index contributed by atoms with van der Waals surface area (Å²) < 4.78 is -0.192. The monoisotopic (exact) mass is 318 g/mol. The number of nitrogens with zero attached hydrogens (tertiary/aromatic N) is 1. The maximum atomic E-state index is 12.2. The van der Waals surface area contributed by atoms with Crippen LogP contribution in [0, 0.1) is 6.92 Å². The summed E-state index contributed by atoms with van der Waals surface area (Å²) in [5.41, 5.74) is 2.54. The molecule has 0 aliphatic heterocycles. The van der Waals surface area contributed by atoms with Crippen molar-refractivity contribution in [1.82, 2.24) is 4.98 Å². The van der Waals surface area contributed by atoms with Gasteiger partial charge in [-0.05, 0) is 31.6 Å². The molecule has 0 atom stereocenters. The molecule has 1 aromatic carbocycles. The van der Waals surface area contributed by atoms with Gasteiger partial charge in [0, 0.05) is 17.5 Å². The van der Waals surface area contributed by atoms with Crippen LogP contribution >= 0.6 is 23.1 Å². The number of thiazole rings is 1. The van der Waals surface area contributed by atoms with Crippen molar-refractivity contribution in [3.8, 4) is 0 Å². The molecule has 2 aromatic rings. The highest BCUT2D eigenvalue weighted by molar-refractivity contribution is 8.01. The minimum absolute atomic E-state index is 0.103. The molecule has 0 saturated heterocycles. The van der Waals surface area contributed by atoms with Gasteiger partial charge in [-0.1, -0.05) is 29.8 Å². The summed E-state index contributed by atoms with van der Waals surface area (Å²) in [7, 11) is 0. The number of thioether (sulfide) groups is 1. The van der Waals surface area contributed by atoms with E-state index in [0.29, 0.717) is 5.13 Å². The Kier molecular flexibility index (Phi) is 4.04. The molecular formula is C16H18N2OS2. The van der Waals surface area contributed by atoms with E-state index in [0.717, 1.165) is 19.3 Å². The van der Waals surface area contributed by atoms with Crippen molar-refractivity contribution < 1.29 is 4.79 Å².